The van der Waals surface area contributed by atoms with Gasteiger partial charge in [-0.1, -0.05) is 51.5 Å². The van der Waals surface area contributed by atoms with E-state index in [1.54, 1.807) is 0 Å². The van der Waals surface area contributed by atoms with Crippen LogP contribution in [0.2, 0.25) is 0 Å². The molecule has 0 aliphatic heterocycles. The lowest BCUT2D eigenvalue weighted by molar-refractivity contribution is 0.496. The van der Waals surface area contributed by atoms with Gasteiger partial charge in [0, 0.05) is 6.04 Å². The molecule has 0 heterocycles. The third kappa shape index (κ3) is 3.67. The summed E-state index contributed by atoms with van der Waals surface area (Å²) < 4.78 is 25.6. The second-order valence-electron chi connectivity index (χ2n) is 6.22. The van der Waals surface area contributed by atoms with Crippen molar-refractivity contribution in [2.45, 2.75) is 51.3 Å². The average Bonchev–Trinajstić information content (AvgIpc) is 2.84. The Kier molecular flexibility index (Phi) is 5.44. The Morgan fingerprint density at radius 3 is 2.67 bits per heavy atom. The van der Waals surface area contributed by atoms with E-state index in [2.05, 4.69) is 31.3 Å². The van der Waals surface area contributed by atoms with Crippen LogP contribution in [0.3, 0.4) is 0 Å². The predicted octanol–water partition coefficient (Wildman–Crippen LogP) is 3.11. The summed E-state index contributed by atoms with van der Waals surface area (Å²) in [5.41, 5.74) is 2.35. The minimum Gasteiger partial charge on any atom is -0.309 e. The van der Waals surface area contributed by atoms with E-state index < -0.39 is 9.84 Å². The second-order valence-corrected chi connectivity index (χ2v) is 8.48. The van der Waals surface area contributed by atoms with Gasteiger partial charge in [-0.05, 0) is 36.4 Å². The van der Waals surface area contributed by atoms with Crippen LogP contribution in [0.5, 0.6) is 0 Å². The van der Waals surface area contributed by atoms with Crippen LogP contribution in [0.4, 0.5) is 0 Å². The zero-order chi connectivity index (χ0) is 15.5. The highest BCUT2D eigenvalue weighted by molar-refractivity contribution is 7.92. The Morgan fingerprint density at radius 2 is 2.00 bits per heavy atom. The molecule has 2 rings (SSSR count). The van der Waals surface area contributed by atoms with Crippen LogP contribution in [0.25, 0.3) is 0 Å². The maximum absolute atomic E-state index is 12.8. The van der Waals surface area contributed by atoms with Crippen molar-refractivity contribution in [3.05, 3.63) is 35.4 Å². The van der Waals surface area contributed by atoms with Crippen LogP contribution >= 0.6 is 0 Å². The first-order chi connectivity index (χ1) is 9.99. The SMILES string of the molecule is CCCNC1c2ccccc2CC1S(=O)(=O)CC(C)CC. The van der Waals surface area contributed by atoms with Gasteiger partial charge in [-0.15, -0.1) is 0 Å². The van der Waals surface area contributed by atoms with Gasteiger partial charge in [0.05, 0.1) is 11.0 Å². The first kappa shape index (κ1) is 16.5. The molecule has 3 unspecified atom stereocenters. The number of hydrogen-bond donors (Lipinski definition) is 1. The lowest BCUT2D eigenvalue weighted by Crippen LogP contribution is -2.37. The molecule has 0 aromatic heterocycles. The molecule has 3 nitrogen and oxygen atoms in total. The van der Waals surface area contributed by atoms with E-state index in [-0.39, 0.29) is 17.2 Å². The minimum absolute atomic E-state index is 0.0461. The summed E-state index contributed by atoms with van der Waals surface area (Å²) in [5.74, 6) is 0.525. The van der Waals surface area contributed by atoms with Crippen LogP contribution in [0, 0.1) is 5.92 Å². The molecular formula is C17H27NO2S. The van der Waals surface area contributed by atoms with Crippen molar-refractivity contribution in [2.75, 3.05) is 12.3 Å². The summed E-state index contributed by atoms with van der Waals surface area (Å²) in [5, 5.41) is 3.15. The summed E-state index contributed by atoms with van der Waals surface area (Å²) in [6, 6.07) is 8.09. The van der Waals surface area contributed by atoms with Crippen molar-refractivity contribution < 1.29 is 8.42 Å². The van der Waals surface area contributed by atoms with Crippen molar-refractivity contribution in [3.63, 3.8) is 0 Å². The van der Waals surface area contributed by atoms with Gasteiger partial charge in [-0.3, -0.25) is 0 Å². The van der Waals surface area contributed by atoms with Gasteiger partial charge in [0.1, 0.15) is 0 Å². The van der Waals surface area contributed by atoms with E-state index in [9.17, 15) is 8.42 Å². The summed E-state index contributed by atoms with van der Waals surface area (Å²) in [6.45, 7) is 7.04. The Labute approximate surface area is 129 Å². The van der Waals surface area contributed by atoms with Gasteiger partial charge in [0.15, 0.2) is 9.84 Å². The van der Waals surface area contributed by atoms with Crippen molar-refractivity contribution in [2.24, 2.45) is 5.92 Å². The molecule has 118 valence electrons. The van der Waals surface area contributed by atoms with E-state index >= 15 is 0 Å². The second kappa shape index (κ2) is 6.93. The summed E-state index contributed by atoms with van der Waals surface area (Å²) in [7, 11) is -3.08. The summed E-state index contributed by atoms with van der Waals surface area (Å²) in [6.07, 6.45) is 2.57. The molecule has 0 spiro atoms. The first-order valence-electron chi connectivity index (χ1n) is 8.02. The smallest absolute Gasteiger partial charge is 0.155 e. The van der Waals surface area contributed by atoms with Crippen LogP contribution in [0.15, 0.2) is 24.3 Å². The molecule has 0 saturated heterocycles. The van der Waals surface area contributed by atoms with Gasteiger partial charge in [-0.2, -0.15) is 0 Å². The molecule has 21 heavy (non-hydrogen) atoms. The molecule has 3 atom stereocenters. The third-order valence-electron chi connectivity index (χ3n) is 4.47. The fourth-order valence-electron chi connectivity index (χ4n) is 3.07. The van der Waals surface area contributed by atoms with Crippen molar-refractivity contribution in [3.8, 4) is 0 Å². The lowest BCUT2D eigenvalue weighted by atomic mass is 10.1. The maximum Gasteiger partial charge on any atom is 0.155 e. The quantitative estimate of drug-likeness (QED) is 0.842. The molecule has 0 saturated carbocycles. The standard InChI is InChI=1S/C17H27NO2S/c1-4-10-18-17-15-9-7-6-8-14(15)11-16(17)21(19,20)12-13(3)5-2/h6-9,13,16-18H,4-5,10-12H2,1-3H3. The number of nitrogens with one attached hydrogen (secondary N) is 1. The zero-order valence-electron chi connectivity index (χ0n) is 13.3. The topological polar surface area (TPSA) is 46.2 Å². The third-order valence-corrected chi connectivity index (χ3v) is 6.87. The highest BCUT2D eigenvalue weighted by atomic mass is 32.2. The Hall–Kier alpha value is -0.870. The molecule has 1 aliphatic carbocycles. The van der Waals surface area contributed by atoms with Crippen molar-refractivity contribution >= 4 is 9.84 Å². The van der Waals surface area contributed by atoms with Crippen molar-refractivity contribution in [1.29, 1.82) is 0 Å². The molecule has 0 bridgehead atoms. The molecule has 1 aromatic carbocycles. The number of fused-ring (bicyclic) bond motifs is 1. The lowest BCUT2D eigenvalue weighted by Gasteiger charge is -2.23. The van der Waals surface area contributed by atoms with Gasteiger partial charge in [-0.25, -0.2) is 8.42 Å². The van der Waals surface area contributed by atoms with Crippen LogP contribution in [-0.2, 0) is 16.3 Å². The normalized spacial score (nSPS) is 23.0. The predicted molar refractivity (Wildman–Crippen MR) is 88.2 cm³/mol. The Bertz CT molecular complexity index is 568. The van der Waals surface area contributed by atoms with E-state index in [1.165, 1.54) is 11.1 Å². The Morgan fingerprint density at radius 1 is 1.29 bits per heavy atom. The largest absolute Gasteiger partial charge is 0.309 e. The van der Waals surface area contributed by atoms with Crippen LogP contribution < -0.4 is 5.32 Å². The molecule has 0 amide bonds. The Balaban J connectivity index is 2.26. The summed E-state index contributed by atoms with van der Waals surface area (Å²) >= 11 is 0. The highest BCUT2D eigenvalue weighted by Gasteiger charge is 2.40. The maximum atomic E-state index is 12.8. The van der Waals surface area contributed by atoms with Crippen molar-refractivity contribution in [1.82, 2.24) is 5.32 Å². The fourth-order valence-corrected chi connectivity index (χ4v) is 5.44. The number of rotatable bonds is 7. The first-order valence-corrected chi connectivity index (χ1v) is 9.73. The fraction of sp³-hybridized carbons (Fsp3) is 0.647. The number of benzene rings is 1. The highest BCUT2D eigenvalue weighted by Crippen LogP contribution is 2.36. The minimum atomic E-state index is -3.08. The van der Waals surface area contributed by atoms with E-state index in [0.29, 0.717) is 12.2 Å². The molecule has 1 N–H and O–H groups in total. The van der Waals surface area contributed by atoms with E-state index in [4.69, 9.17) is 0 Å². The molecule has 0 radical (unpaired) electrons. The average molecular weight is 309 g/mol. The molecule has 1 aromatic rings. The van der Waals surface area contributed by atoms with E-state index in [0.717, 1.165) is 19.4 Å². The molecular weight excluding hydrogens is 282 g/mol. The summed E-state index contributed by atoms with van der Waals surface area (Å²) in [4.78, 5) is 0. The monoisotopic (exact) mass is 309 g/mol. The number of hydrogen-bond acceptors (Lipinski definition) is 3. The van der Waals surface area contributed by atoms with Gasteiger partial charge < -0.3 is 5.32 Å². The molecule has 1 aliphatic rings. The van der Waals surface area contributed by atoms with E-state index in [1.807, 2.05) is 19.1 Å². The van der Waals surface area contributed by atoms with Crippen LogP contribution in [0.1, 0.15) is 50.8 Å². The number of sulfone groups is 1. The van der Waals surface area contributed by atoms with Gasteiger partial charge in [0.25, 0.3) is 0 Å². The van der Waals surface area contributed by atoms with Crippen LogP contribution in [-0.4, -0.2) is 26.0 Å². The molecule has 0 fully saturated rings. The van der Waals surface area contributed by atoms with Gasteiger partial charge in [0.2, 0.25) is 0 Å². The zero-order valence-corrected chi connectivity index (χ0v) is 14.1. The van der Waals surface area contributed by atoms with Gasteiger partial charge >= 0.3 is 0 Å². The molecule has 4 heteroatoms.